The fourth-order valence-corrected chi connectivity index (χ4v) is 2.47. The zero-order chi connectivity index (χ0) is 15.5. The van der Waals surface area contributed by atoms with Gasteiger partial charge in [0.1, 0.15) is 11.4 Å². The molecule has 2 N–H and O–H groups in total. The smallest absolute Gasteiger partial charge is 0.267 e. The number of aromatic nitrogens is 1. The molecule has 1 heterocycles. The van der Waals surface area contributed by atoms with Crippen LogP contribution in [0.1, 0.15) is 21.6 Å². The molecule has 4 heteroatoms. The van der Waals surface area contributed by atoms with Gasteiger partial charge in [-0.15, -0.1) is 0 Å². The van der Waals surface area contributed by atoms with E-state index in [1.807, 2.05) is 54.6 Å². The Kier molecular flexibility index (Phi) is 3.74. The van der Waals surface area contributed by atoms with Gasteiger partial charge in [0, 0.05) is 5.39 Å². The van der Waals surface area contributed by atoms with Crippen molar-refractivity contribution in [3.63, 3.8) is 0 Å². The van der Waals surface area contributed by atoms with Gasteiger partial charge >= 0.3 is 0 Å². The van der Waals surface area contributed by atoms with Crippen LogP contribution in [0.3, 0.4) is 0 Å². The van der Waals surface area contributed by atoms with E-state index in [9.17, 15) is 4.79 Å². The standard InChI is InChI=1S/C18H16N2O2/c1-22-15-8-6-12(7-9-15)10-14-11-13-4-2-3-5-16(13)20-17(14)18(19)21/h2-9,11H,10H2,1H3,(H2,19,21). The molecule has 3 rings (SSSR count). The molecular formula is C18H16N2O2. The van der Waals surface area contributed by atoms with Gasteiger partial charge < -0.3 is 10.5 Å². The number of pyridine rings is 1. The van der Waals surface area contributed by atoms with Gasteiger partial charge in [-0.25, -0.2) is 4.98 Å². The third kappa shape index (κ3) is 2.76. The third-order valence-electron chi connectivity index (χ3n) is 3.59. The number of para-hydroxylation sites is 1. The molecule has 1 aromatic heterocycles. The molecule has 0 saturated carbocycles. The Morgan fingerprint density at radius 2 is 1.86 bits per heavy atom. The molecule has 0 spiro atoms. The monoisotopic (exact) mass is 292 g/mol. The largest absolute Gasteiger partial charge is 0.497 e. The first kappa shape index (κ1) is 14.1. The highest BCUT2D eigenvalue weighted by Gasteiger charge is 2.12. The van der Waals surface area contributed by atoms with E-state index in [4.69, 9.17) is 10.5 Å². The maximum atomic E-state index is 11.7. The van der Waals surface area contributed by atoms with E-state index >= 15 is 0 Å². The van der Waals surface area contributed by atoms with Crippen molar-refractivity contribution < 1.29 is 9.53 Å². The van der Waals surface area contributed by atoms with Gasteiger partial charge in [0.2, 0.25) is 0 Å². The van der Waals surface area contributed by atoms with Gasteiger partial charge in [-0.1, -0.05) is 30.3 Å². The van der Waals surface area contributed by atoms with E-state index in [0.29, 0.717) is 12.1 Å². The summed E-state index contributed by atoms with van der Waals surface area (Å²) >= 11 is 0. The Morgan fingerprint density at radius 1 is 1.14 bits per heavy atom. The van der Waals surface area contributed by atoms with E-state index in [0.717, 1.165) is 27.8 Å². The van der Waals surface area contributed by atoms with Gasteiger partial charge in [-0.3, -0.25) is 4.79 Å². The number of nitrogens with zero attached hydrogens (tertiary/aromatic N) is 1. The van der Waals surface area contributed by atoms with E-state index < -0.39 is 5.91 Å². The van der Waals surface area contributed by atoms with E-state index in [-0.39, 0.29) is 0 Å². The molecule has 0 fully saturated rings. The molecule has 0 aliphatic rings. The van der Waals surface area contributed by atoms with Crippen LogP contribution in [-0.2, 0) is 6.42 Å². The molecule has 2 aromatic carbocycles. The summed E-state index contributed by atoms with van der Waals surface area (Å²) in [6.45, 7) is 0. The number of nitrogens with two attached hydrogens (primary N) is 1. The van der Waals surface area contributed by atoms with E-state index in [1.165, 1.54) is 0 Å². The summed E-state index contributed by atoms with van der Waals surface area (Å²) in [4.78, 5) is 16.1. The maximum Gasteiger partial charge on any atom is 0.267 e. The summed E-state index contributed by atoms with van der Waals surface area (Å²) in [7, 11) is 1.63. The van der Waals surface area contributed by atoms with Crippen molar-refractivity contribution in [3.05, 3.63) is 71.4 Å². The molecule has 0 atom stereocenters. The Labute approximate surface area is 128 Å². The minimum atomic E-state index is -0.505. The first-order valence-corrected chi connectivity index (χ1v) is 6.99. The van der Waals surface area contributed by atoms with E-state index in [1.54, 1.807) is 7.11 Å². The Bertz CT molecular complexity index is 826. The fourth-order valence-electron chi connectivity index (χ4n) is 2.47. The van der Waals surface area contributed by atoms with Crippen LogP contribution in [0.25, 0.3) is 10.9 Å². The number of methoxy groups -OCH3 is 1. The zero-order valence-electron chi connectivity index (χ0n) is 12.2. The number of rotatable bonds is 4. The molecule has 0 unspecified atom stereocenters. The van der Waals surface area contributed by atoms with Crippen LogP contribution in [0.2, 0.25) is 0 Å². The zero-order valence-corrected chi connectivity index (χ0v) is 12.2. The fraction of sp³-hybridized carbons (Fsp3) is 0.111. The van der Waals surface area contributed by atoms with Gasteiger partial charge in [0.25, 0.3) is 5.91 Å². The second-order valence-electron chi connectivity index (χ2n) is 5.08. The quantitative estimate of drug-likeness (QED) is 0.804. The van der Waals surface area contributed by atoms with Crippen molar-refractivity contribution in [3.8, 4) is 5.75 Å². The Balaban J connectivity index is 2.03. The van der Waals surface area contributed by atoms with Crippen molar-refractivity contribution in [2.75, 3.05) is 7.11 Å². The molecule has 0 aliphatic heterocycles. The molecule has 0 radical (unpaired) electrons. The Morgan fingerprint density at radius 3 is 2.55 bits per heavy atom. The predicted molar refractivity (Wildman–Crippen MR) is 86.1 cm³/mol. The number of fused-ring (bicyclic) bond motifs is 1. The van der Waals surface area contributed by atoms with Crippen LogP contribution in [-0.4, -0.2) is 18.0 Å². The number of hydrogen-bond donors (Lipinski definition) is 1. The second kappa shape index (κ2) is 5.85. The lowest BCUT2D eigenvalue weighted by atomic mass is 10.0. The van der Waals surface area contributed by atoms with Crippen molar-refractivity contribution in [1.29, 1.82) is 0 Å². The predicted octanol–water partition coefficient (Wildman–Crippen LogP) is 2.93. The summed E-state index contributed by atoms with van der Waals surface area (Å²) in [6, 6.07) is 17.4. The molecule has 22 heavy (non-hydrogen) atoms. The summed E-state index contributed by atoms with van der Waals surface area (Å²) in [5.74, 6) is 0.296. The normalized spacial score (nSPS) is 10.6. The maximum absolute atomic E-state index is 11.7. The van der Waals surface area contributed by atoms with Crippen LogP contribution in [0.5, 0.6) is 5.75 Å². The molecule has 0 aliphatic carbocycles. The third-order valence-corrected chi connectivity index (χ3v) is 3.59. The SMILES string of the molecule is COc1ccc(Cc2cc3ccccc3nc2C(N)=O)cc1. The lowest BCUT2D eigenvalue weighted by Gasteiger charge is -2.09. The van der Waals surface area contributed by atoms with Crippen molar-refractivity contribution in [2.45, 2.75) is 6.42 Å². The lowest BCUT2D eigenvalue weighted by Crippen LogP contribution is -2.16. The molecule has 3 aromatic rings. The summed E-state index contributed by atoms with van der Waals surface area (Å²) < 4.78 is 5.15. The number of amides is 1. The highest BCUT2D eigenvalue weighted by atomic mass is 16.5. The van der Waals surface area contributed by atoms with Gasteiger partial charge in [0.15, 0.2) is 0 Å². The van der Waals surface area contributed by atoms with Crippen LogP contribution in [0, 0.1) is 0 Å². The first-order valence-electron chi connectivity index (χ1n) is 6.99. The average Bonchev–Trinajstić information content (AvgIpc) is 2.54. The number of benzene rings is 2. The topological polar surface area (TPSA) is 65.2 Å². The van der Waals surface area contributed by atoms with Crippen molar-refractivity contribution >= 4 is 16.8 Å². The van der Waals surface area contributed by atoms with Gasteiger partial charge in [-0.05, 0) is 41.8 Å². The molecular weight excluding hydrogens is 276 g/mol. The van der Waals surface area contributed by atoms with Crippen LogP contribution >= 0.6 is 0 Å². The second-order valence-corrected chi connectivity index (χ2v) is 5.08. The van der Waals surface area contributed by atoms with Crippen LogP contribution in [0.4, 0.5) is 0 Å². The number of carbonyl (C=O) groups is 1. The summed E-state index contributed by atoms with van der Waals surface area (Å²) in [5.41, 5.74) is 8.48. The Hall–Kier alpha value is -2.88. The number of primary amides is 1. The molecule has 0 saturated heterocycles. The van der Waals surface area contributed by atoms with Crippen molar-refractivity contribution in [1.82, 2.24) is 4.98 Å². The molecule has 0 bridgehead atoms. The van der Waals surface area contributed by atoms with Crippen LogP contribution in [0.15, 0.2) is 54.6 Å². The number of ether oxygens (including phenoxy) is 1. The first-order chi connectivity index (χ1) is 10.7. The summed E-state index contributed by atoms with van der Waals surface area (Å²) in [6.07, 6.45) is 0.597. The molecule has 1 amide bonds. The van der Waals surface area contributed by atoms with Crippen LogP contribution < -0.4 is 10.5 Å². The summed E-state index contributed by atoms with van der Waals surface area (Å²) in [5, 5.41) is 0.996. The van der Waals surface area contributed by atoms with Crippen molar-refractivity contribution in [2.24, 2.45) is 5.73 Å². The van der Waals surface area contributed by atoms with E-state index in [2.05, 4.69) is 4.98 Å². The number of carbonyl (C=O) groups excluding carboxylic acids is 1. The molecule has 4 nitrogen and oxygen atoms in total. The molecule has 110 valence electrons. The highest BCUT2D eigenvalue weighted by molar-refractivity contribution is 5.95. The average molecular weight is 292 g/mol. The minimum absolute atomic E-state index is 0.328. The van der Waals surface area contributed by atoms with Gasteiger partial charge in [-0.2, -0.15) is 0 Å². The van der Waals surface area contributed by atoms with Gasteiger partial charge in [0.05, 0.1) is 12.6 Å². The lowest BCUT2D eigenvalue weighted by molar-refractivity contribution is 0.0995. The number of hydrogen-bond acceptors (Lipinski definition) is 3. The minimum Gasteiger partial charge on any atom is -0.497 e. The highest BCUT2D eigenvalue weighted by Crippen LogP contribution is 2.21.